The molecule has 72 valence electrons. The molecule has 0 heterocycles. The van der Waals surface area contributed by atoms with Crippen LogP contribution in [0.3, 0.4) is 0 Å². The van der Waals surface area contributed by atoms with Crippen molar-refractivity contribution in [2.75, 3.05) is 7.11 Å². The summed E-state index contributed by atoms with van der Waals surface area (Å²) in [5.41, 5.74) is 0.235. The normalized spacial score (nSPS) is 10.2. The molecule has 0 bridgehead atoms. The monoisotopic (exact) mass is 254 g/mol. The predicted octanol–water partition coefficient (Wildman–Crippen LogP) is 3.01. The lowest BCUT2D eigenvalue weighted by molar-refractivity contribution is 0.357. The van der Waals surface area contributed by atoms with Crippen molar-refractivity contribution < 1.29 is 17.9 Å². The van der Waals surface area contributed by atoms with Gasteiger partial charge in [0.2, 0.25) is 5.82 Å². The van der Waals surface area contributed by atoms with Crippen LogP contribution in [0.25, 0.3) is 0 Å². The van der Waals surface area contributed by atoms with E-state index >= 15 is 0 Å². The number of alkyl halides is 1. The van der Waals surface area contributed by atoms with Gasteiger partial charge < -0.3 is 4.74 Å². The lowest BCUT2D eigenvalue weighted by atomic mass is 10.2. The van der Waals surface area contributed by atoms with Crippen molar-refractivity contribution in [3.8, 4) is 5.75 Å². The Bertz CT molecular complexity index is 328. The van der Waals surface area contributed by atoms with Crippen LogP contribution in [0.15, 0.2) is 6.07 Å². The first-order chi connectivity index (χ1) is 6.11. The molecule has 1 rings (SSSR count). The second-order valence-corrected chi connectivity index (χ2v) is 2.87. The molecule has 0 fully saturated rings. The van der Waals surface area contributed by atoms with Crippen molar-refractivity contribution >= 4 is 15.9 Å². The second kappa shape index (κ2) is 4.00. The zero-order valence-corrected chi connectivity index (χ0v) is 8.29. The topological polar surface area (TPSA) is 9.23 Å². The van der Waals surface area contributed by atoms with Gasteiger partial charge in [-0.25, -0.2) is 8.78 Å². The molecule has 0 radical (unpaired) electrons. The largest absolute Gasteiger partial charge is 0.493 e. The molecular formula is C8H6BrF3O. The van der Waals surface area contributed by atoms with E-state index in [4.69, 9.17) is 0 Å². The summed E-state index contributed by atoms with van der Waals surface area (Å²) in [6.45, 7) is 0. The number of hydrogen-bond acceptors (Lipinski definition) is 1. The predicted molar refractivity (Wildman–Crippen MR) is 45.5 cm³/mol. The number of benzene rings is 1. The van der Waals surface area contributed by atoms with E-state index in [-0.39, 0.29) is 16.6 Å². The summed E-state index contributed by atoms with van der Waals surface area (Å²) in [6.07, 6.45) is 0. The molecule has 1 aromatic carbocycles. The zero-order chi connectivity index (χ0) is 10.0. The molecule has 1 nitrogen and oxygen atoms in total. The number of hydrogen-bond donors (Lipinski definition) is 0. The lowest BCUT2D eigenvalue weighted by Crippen LogP contribution is -1.99. The summed E-state index contributed by atoms with van der Waals surface area (Å²) >= 11 is 3.01. The minimum absolute atomic E-state index is 0.199. The van der Waals surface area contributed by atoms with Gasteiger partial charge in [0.25, 0.3) is 0 Å². The van der Waals surface area contributed by atoms with Crippen LogP contribution in [-0.2, 0) is 5.33 Å². The van der Waals surface area contributed by atoms with Crippen LogP contribution in [0.5, 0.6) is 5.75 Å². The third kappa shape index (κ3) is 1.80. The lowest BCUT2D eigenvalue weighted by Gasteiger charge is -2.07. The summed E-state index contributed by atoms with van der Waals surface area (Å²) in [4.78, 5) is 0. The molecule has 0 aliphatic heterocycles. The van der Waals surface area contributed by atoms with Crippen LogP contribution in [0.4, 0.5) is 13.2 Å². The molecule has 0 atom stereocenters. The van der Waals surface area contributed by atoms with Crippen molar-refractivity contribution in [2.45, 2.75) is 5.33 Å². The fourth-order valence-electron chi connectivity index (χ4n) is 0.947. The molecule has 1 aromatic rings. The van der Waals surface area contributed by atoms with Crippen LogP contribution in [0, 0.1) is 17.5 Å². The number of ether oxygens (including phenoxy) is 1. The minimum Gasteiger partial charge on any atom is -0.493 e. The Hall–Kier alpha value is -0.710. The Morgan fingerprint density at radius 2 is 1.92 bits per heavy atom. The van der Waals surface area contributed by atoms with E-state index in [2.05, 4.69) is 20.7 Å². The van der Waals surface area contributed by atoms with Gasteiger partial charge in [0.05, 0.1) is 7.11 Å². The third-order valence-electron chi connectivity index (χ3n) is 1.54. The molecule has 13 heavy (non-hydrogen) atoms. The van der Waals surface area contributed by atoms with Gasteiger partial charge in [-0.3, -0.25) is 0 Å². The highest BCUT2D eigenvalue weighted by molar-refractivity contribution is 9.08. The zero-order valence-electron chi connectivity index (χ0n) is 6.70. The van der Waals surface area contributed by atoms with Gasteiger partial charge in [-0.2, -0.15) is 4.39 Å². The fourth-order valence-corrected chi connectivity index (χ4v) is 1.36. The van der Waals surface area contributed by atoms with Crippen LogP contribution >= 0.6 is 15.9 Å². The van der Waals surface area contributed by atoms with Crippen molar-refractivity contribution in [2.24, 2.45) is 0 Å². The van der Waals surface area contributed by atoms with E-state index in [1.54, 1.807) is 0 Å². The summed E-state index contributed by atoms with van der Waals surface area (Å²) in [5.74, 6) is -4.29. The minimum atomic E-state index is -1.51. The fraction of sp³-hybridized carbons (Fsp3) is 0.250. The quantitative estimate of drug-likeness (QED) is 0.583. The highest BCUT2D eigenvalue weighted by atomic mass is 79.9. The molecule has 0 aliphatic carbocycles. The van der Waals surface area contributed by atoms with Crippen molar-refractivity contribution in [1.29, 1.82) is 0 Å². The summed E-state index contributed by atoms with van der Waals surface area (Å²) in [5, 5.41) is 0.199. The summed E-state index contributed by atoms with van der Waals surface area (Å²) in [7, 11) is 1.20. The molecule has 0 saturated heterocycles. The average molecular weight is 255 g/mol. The van der Waals surface area contributed by atoms with E-state index in [9.17, 15) is 13.2 Å². The van der Waals surface area contributed by atoms with Gasteiger partial charge in [0.15, 0.2) is 17.4 Å². The summed E-state index contributed by atoms with van der Waals surface area (Å²) in [6, 6.07) is 0.895. The first kappa shape index (κ1) is 10.4. The van der Waals surface area contributed by atoms with E-state index in [0.29, 0.717) is 0 Å². The van der Waals surface area contributed by atoms with Gasteiger partial charge >= 0.3 is 0 Å². The molecular weight excluding hydrogens is 249 g/mol. The highest BCUT2D eigenvalue weighted by Gasteiger charge is 2.18. The van der Waals surface area contributed by atoms with Gasteiger partial charge in [0.1, 0.15) is 0 Å². The summed E-state index contributed by atoms with van der Waals surface area (Å²) < 4.78 is 42.8. The van der Waals surface area contributed by atoms with Crippen LogP contribution < -0.4 is 4.74 Å². The maximum absolute atomic E-state index is 12.9. The average Bonchev–Trinajstić information content (AvgIpc) is 2.13. The molecule has 0 saturated carbocycles. The number of methoxy groups -OCH3 is 1. The van der Waals surface area contributed by atoms with Gasteiger partial charge in [-0.15, -0.1) is 0 Å². The van der Waals surface area contributed by atoms with Gasteiger partial charge in [-0.1, -0.05) is 15.9 Å². The maximum atomic E-state index is 12.9. The van der Waals surface area contributed by atoms with E-state index < -0.39 is 17.5 Å². The molecule has 0 unspecified atom stereocenters. The molecule has 0 N–H and O–H groups in total. The Morgan fingerprint density at radius 1 is 1.31 bits per heavy atom. The molecule has 0 spiro atoms. The van der Waals surface area contributed by atoms with Gasteiger partial charge in [-0.05, 0) is 6.07 Å². The van der Waals surface area contributed by atoms with E-state index in [0.717, 1.165) is 6.07 Å². The maximum Gasteiger partial charge on any atom is 0.203 e. The van der Waals surface area contributed by atoms with Crippen molar-refractivity contribution in [3.05, 3.63) is 29.1 Å². The number of halogens is 4. The molecule has 5 heteroatoms. The Labute approximate surface area is 81.6 Å². The Morgan fingerprint density at radius 3 is 2.38 bits per heavy atom. The van der Waals surface area contributed by atoms with Crippen molar-refractivity contribution in [1.82, 2.24) is 0 Å². The first-order valence-corrected chi connectivity index (χ1v) is 4.50. The van der Waals surface area contributed by atoms with Crippen LogP contribution in [0.1, 0.15) is 5.56 Å². The molecule has 0 amide bonds. The standard InChI is InChI=1S/C8H6BrF3O/c1-13-8-4(3-9)2-5(10)6(11)7(8)12/h2H,3H2,1H3. The van der Waals surface area contributed by atoms with Gasteiger partial charge in [0, 0.05) is 10.9 Å². The Kier molecular flexibility index (Phi) is 3.19. The SMILES string of the molecule is COc1c(CBr)cc(F)c(F)c1F. The highest BCUT2D eigenvalue weighted by Crippen LogP contribution is 2.28. The first-order valence-electron chi connectivity index (χ1n) is 3.38. The van der Waals surface area contributed by atoms with E-state index in [1.807, 2.05) is 0 Å². The van der Waals surface area contributed by atoms with Crippen molar-refractivity contribution in [3.63, 3.8) is 0 Å². The number of rotatable bonds is 2. The molecule has 0 aliphatic rings. The smallest absolute Gasteiger partial charge is 0.203 e. The second-order valence-electron chi connectivity index (χ2n) is 2.31. The third-order valence-corrected chi connectivity index (χ3v) is 2.15. The molecule has 0 aromatic heterocycles. The van der Waals surface area contributed by atoms with E-state index in [1.165, 1.54) is 7.11 Å². The Balaban J connectivity index is 3.39. The van der Waals surface area contributed by atoms with Crippen LogP contribution in [-0.4, -0.2) is 7.11 Å². The van der Waals surface area contributed by atoms with Crippen LogP contribution in [0.2, 0.25) is 0 Å².